The van der Waals surface area contributed by atoms with Gasteiger partial charge in [-0.1, -0.05) is 6.07 Å². The molecule has 26 heavy (non-hydrogen) atoms. The van der Waals surface area contributed by atoms with E-state index in [4.69, 9.17) is 18.9 Å². The van der Waals surface area contributed by atoms with Crippen molar-refractivity contribution < 1.29 is 28.8 Å². The molecule has 144 valence electrons. The van der Waals surface area contributed by atoms with Gasteiger partial charge in [0.2, 0.25) is 0 Å². The van der Waals surface area contributed by atoms with Gasteiger partial charge in [-0.15, -0.1) is 0 Å². The van der Waals surface area contributed by atoms with E-state index in [-0.39, 0.29) is 6.61 Å². The van der Waals surface area contributed by atoms with E-state index in [9.17, 15) is 9.90 Å². The summed E-state index contributed by atoms with van der Waals surface area (Å²) in [5.74, 6) is 1.24. The number of ether oxygens (including phenoxy) is 4. The summed E-state index contributed by atoms with van der Waals surface area (Å²) in [6, 6.07) is 4.72. The monoisotopic (exact) mass is 365 g/mol. The zero-order valence-corrected chi connectivity index (χ0v) is 15.9. The Bertz CT molecular complexity index is 681. The number of carbonyl (C=O) groups is 1. The van der Waals surface area contributed by atoms with Gasteiger partial charge >= 0.3 is 6.09 Å². The van der Waals surface area contributed by atoms with E-state index in [0.29, 0.717) is 30.3 Å². The van der Waals surface area contributed by atoms with Crippen molar-refractivity contribution in [1.82, 2.24) is 4.90 Å². The van der Waals surface area contributed by atoms with E-state index in [2.05, 4.69) is 0 Å². The molecule has 2 aliphatic heterocycles. The Hall–Kier alpha value is -1.99. The number of aliphatic hydroxyl groups is 1. The lowest BCUT2D eigenvalue weighted by Crippen LogP contribution is -2.51. The minimum absolute atomic E-state index is 0.210. The molecule has 0 aliphatic carbocycles. The fraction of sp³-hybridized carbons (Fsp3) is 0.632. The maximum Gasteiger partial charge on any atom is 0.413 e. The average molecular weight is 365 g/mol. The Labute approximate surface area is 153 Å². The maximum atomic E-state index is 12.7. The number of hydrogen-bond acceptors (Lipinski definition) is 6. The van der Waals surface area contributed by atoms with Crippen molar-refractivity contribution in [3.8, 4) is 11.5 Å². The minimum atomic E-state index is -0.944. The number of aliphatic hydroxyl groups excluding tert-OH is 1. The van der Waals surface area contributed by atoms with Crippen LogP contribution in [0.25, 0.3) is 0 Å². The second-order valence-electron chi connectivity index (χ2n) is 8.02. The van der Waals surface area contributed by atoms with Crippen LogP contribution in [0.4, 0.5) is 4.79 Å². The Balaban J connectivity index is 1.85. The molecule has 2 atom stereocenters. The second-order valence-corrected chi connectivity index (χ2v) is 8.02. The minimum Gasteiger partial charge on any atom is -0.486 e. The number of nitrogens with zero attached hydrogens (tertiary/aromatic N) is 1. The van der Waals surface area contributed by atoms with Gasteiger partial charge in [0.25, 0.3) is 0 Å². The number of fused-ring (bicyclic) bond motifs is 1. The number of benzene rings is 1. The van der Waals surface area contributed by atoms with Crippen molar-refractivity contribution in [2.75, 3.05) is 19.8 Å². The topological polar surface area (TPSA) is 77.5 Å². The first-order valence-corrected chi connectivity index (χ1v) is 8.82. The van der Waals surface area contributed by atoms with Crippen LogP contribution in [0.5, 0.6) is 11.5 Å². The lowest BCUT2D eigenvalue weighted by atomic mass is 10.0. The van der Waals surface area contributed by atoms with Crippen LogP contribution in [0.15, 0.2) is 18.2 Å². The summed E-state index contributed by atoms with van der Waals surface area (Å²) in [6.45, 7) is 10.2. The summed E-state index contributed by atoms with van der Waals surface area (Å²) in [6.07, 6.45) is -1.46. The van der Waals surface area contributed by atoms with Crippen LogP contribution >= 0.6 is 0 Å². The van der Waals surface area contributed by atoms with Gasteiger partial charge in [-0.25, -0.2) is 4.79 Å². The largest absolute Gasteiger partial charge is 0.486 e. The normalized spacial score (nSPS) is 22.8. The van der Waals surface area contributed by atoms with E-state index in [1.807, 2.05) is 0 Å². The lowest BCUT2D eigenvalue weighted by Gasteiger charge is -2.36. The van der Waals surface area contributed by atoms with Crippen LogP contribution in [0.2, 0.25) is 0 Å². The van der Waals surface area contributed by atoms with Crippen LogP contribution in [-0.4, -0.2) is 53.3 Å². The molecule has 0 radical (unpaired) electrons. The standard InChI is InChI=1S/C19H27NO6/c1-18(2,3)26-17(22)20-13(11-25-19(20,4)5)16(21)12-6-7-14-15(10-12)24-9-8-23-14/h6-7,10,13,16,21H,8-9,11H2,1-5H3/t13-,16?/m1/s1. The van der Waals surface area contributed by atoms with Crippen molar-refractivity contribution in [1.29, 1.82) is 0 Å². The Morgan fingerprint density at radius 1 is 1.27 bits per heavy atom. The van der Waals surface area contributed by atoms with Crippen molar-refractivity contribution in [2.45, 2.75) is 58.1 Å². The molecule has 3 rings (SSSR count). The summed E-state index contributed by atoms with van der Waals surface area (Å²) < 4.78 is 22.4. The highest BCUT2D eigenvalue weighted by molar-refractivity contribution is 5.70. The fourth-order valence-corrected chi connectivity index (χ4v) is 3.20. The van der Waals surface area contributed by atoms with Gasteiger partial charge in [0, 0.05) is 0 Å². The Morgan fingerprint density at radius 2 is 1.92 bits per heavy atom. The summed E-state index contributed by atoms with van der Waals surface area (Å²) in [7, 11) is 0. The second kappa shape index (κ2) is 6.63. The molecule has 2 heterocycles. The quantitative estimate of drug-likeness (QED) is 0.868. The molecular weight excluding hydrogens is 338 g/mol. The number of hydrogen-bond donors (Lipinski definition) is 1. The van der Waals surface area contributed by atoms with Gasteiger partial charge in [-0.2, -0.15) is 0 Å². The highest BCUT2D eigenvalue weighted by Gasteiger charge is 2.48. The third-order valence-electron chi connectivity index (χ3n) is 4.38. The van der Waals surface area contributed by atoms with E-state index in [1.54, 1.807) is 52.8 Å². The molecule has 0 bridgehead atoms. The van der Waals surface area contributed by atoms with E-state index in [1.165, 1.54) is 4.90 Å². The highest BCUT2D eigenvalue weighted by atomic mass is 16.6. The smallest absolute Gasteiger partial charge is 0.413 e. The number of carbonyl (C=O) groups excluding carboxylic acids is 1. The maximum absolute atomic E-state index is 12.7. The first-order valence-electron chi connectivity index (χ1n) is 8.82. The Kier molecular flexibility index (Phi) is 4.79. The molecule has 1 N–H and O–H groups in total. The van der Waals surface area contributed by atoms with Gasteiger partial charge in [0.15, 0.2) is 11.5 Å². The van der Waals surface area contributed by atoms with E-state index in [0.717, 1.165) is 0 Å². The van der Waals surface area contributed by atoms with E-state index < -0.39 is 29.6 Å². The molecule has 1 unspecified atom stereocenters. The van der Waals surface area contributed by atoms with Crippen LogP contribution in [0.1, 0.15) is 46.3 Å². The molecule has 7 nitrogen and oxygen atoms in total. The van der Waals surface area contributed by atoms with Crippen LogP contribution in [0.3, 0.4) is 0 Å². The first-order chi connectivity index (χ1) is 12.1. The van der Waals surface area contributed by atoms with Crippen molar-refractivity contribution >= 4 is 6.09 Å². The van der Waals surface area contributed by atoms with Gasteiger partial charge in [-0.3, -0.25) is 4.90 Å². The molecule has 1 aromatic carbocycles. The van der Waals surface area contributed by atoms with Gasteiger partial charge < -0.3 is 24.1 Å². The molecule has 1 amide bonds. The molecule has 2 aliphatic rings. The molecule has 1 aromatic rings. The number of amides is 1. The lowest BCUT2D eigenvalue weighted by molar-refractivity contribution is -0.0679. The highest BCUT2D eigenvalue weighted by Crippen LogP contribution is 2.38. The molecule has 1 fully saturated rings. The predicted octanol–water partition coefficient (Wildman–Crippen LogP) is 2.86. The SMILES string of the molecule is CC(C)(C)OC(=O)N1[C@@H](C(O)c2ccc3c(c2)OCCO3)COC1(C)C. The van der Waals surface area contributed by atoms with Gasteiger partial charge in [0.05, 0.1) is 12.6 Å². The van der Waals surface area contributed by atoms with Crippen LogP contribution < -0.4 is 9.47 Å². The third-order valence-corrected chi connectivity index (χ3v) is 4.38. The fourth-order valence-electron chi connectivity index (χ4n) is 3.20. The predicted molar refractivity (Wildman–Crippen MR) is 94.3 cm³/mol. The van der Waals surface area contributed by atoms with Crippen molar-refractivity contribution in [2.24, 2.45) is 0 Å². The molecule has 0 saturated carbocycles. The third kappa shape index (κ3) is 3.73. The molecular formula is C19H27NO6. The van der Waals surface area contributed by atoms with Crippen LogP contribution in [0, 0.1) is 0 Å². The number of rotatable bonds is 2. The summed E-state index contributed by atoms with van der Waals surface area (Å²) >= 11 is 0. The first kappa shape index (κ1) is 18.8. The van der Waals surface area contributed by atoms with Gasteiger partial charge in [0.1, 0.15) is 30.6 Å². The summed E-state index contributed by atoms with van der Waals surface area (Å²) in [5.41, 5.74) is -0.876. The van der Waals surface area contributed by atoms with Gasteiger partial charge in [-0.05, 0) is 52.3 Å². The van der Waals surface area contributed by atoms with E-state index >= 15 is 0 Å². The van der Waals surface area contributed by atoms with Crippen molar-refractivity contribution in [3.63, 3.8) is 0 Å². The van der Waals surface area contributed by atoms with Crippen molar-refractivity contribution in [3.05, 3.63) is 23.8 Å². The molecule has 7 heteroatoms. The molecule has 0 aromatic heterocycles. The zero-order chi connectivity index (χ0) is 19.1. The molecule has 1 saturated heterocycles. The Morgan fingerprint density at radius 3 is 2.58 bits per heavy atom. The zero-order valence-electron chi connectivity index (χ0n) is 15.9. The molecule has 0 spiro atoms. The summed E-state index contributed by atoms with van der Waals surface area (Å²) in [4.78, 5) is 14.2. The van der Waals surface area contributed by atoms with Crippen LogP contribution in [-0.2, 0) is 9.47 Å². The average Bonchev–Trinajstić information content (AvgIpc) is 2.87. The summed E-state index contributed by atoms with van der Waals surface area (Å²) in [5, 5.41) is 10.9.